The van der Waals surface area contributed by atoms with Gasteiger partial charge in [0.05, 0.1) is 24.9 Å². The molecule has 2 N–H and O–H groups in total. The summed E-state index contributed by atoms with van der Waals surface area (Å²) in [5.41, 5.74) is 0.360. The highest BCUT2D eigenvalue weighted by Gasteiger charge is 2.13. The van der Waals surface area contributed by atoms with E-state index in [1.165, 1.54) is 14.2 Å². The van der Waals surface area contributed by atoms with E-state index >= 15 is 0 Å². The molecule has 0 bridgehead atoms. The third kappa shape index (κ3) is 5.29. The molecule has 0 aliphatic rings. The molecule has 2 aromatic rings. The Morgan fingerprint density at radius 3 is 2.48 bits per heavy atom. The summed E-state index contributed by atoms with van der Waals surface area (Å²) in [6.45, 7) is -0.355. The lowest BCUT2D eigenvalue weighted by molar-refractivity contribution is -0.121. The topological polar surface area (TPSA) is 85.9 Å². The molecule has 0 saturated carbocycles. The fraction of sp³-hybridized carbons (Fsp3) is 0.176. The van der Waals surface area contributed by atoms with Gasteiger partial charge < -0.3 is 19.5 Å². The Labute approximate surface area is 149 Å². The summed E-state index contributed by atoms with van der Waals surface area (Å²) in [4.78, 5) is 23.8. The molecule has 0 aliphatic carbocycles. The summed E-state index contributed by atoms with van der Waals surface area (Å²) in [5, 5.41) is 5.05. The van der Waals surface area contributed by atoms with Crippen molar-refractivity contribution in [3.05, 3.63) is 47.5 Å². The number of hydrogen-bond donors (Lipinski definition) is 2. The first-order valence-electron chi connectivity index (χ1n) is 7.23. The van der Waals surface area contributed by atoms with E-state index in [1.807, 2.05) is 0 Å². The molecule has 0 atom stereocenters. The van der Waals surface area contributed by atoms with Crippen molar-refractivity contribution in [2.45, 2.75) is 0 Å². The van der Waals surface area contributed by atoms with Gasteiger partial charge in [-0.05, 0) is 24.3 Å². The van der Waals surface area contributed by atoms with Gasteiger partial charge in [-0.2, -0.15) is 0 Å². The van der Waals surface area contributed by atoms with E-state index in [2.05, 4.69) is 10.6 Å². The Morgan fingerprint density at radius 1 is 1.04 bits per heavy atom. The number of para-hydroxylation sites is 1. The molecule has 0 aliphatic heterocycles. The summed E-state index contributed by atoms with van der Waals surface area (Å²) in [6, 6.07) is 10.9. The standard InChI is InChI=1S/C17H17ClN2O5/c1-23-11-7-8-15(24-2)13(9-11)19-17(22)20-16(21)10-25-14-6-4-3-5-12(14)18/h3-9H,10H2,1-2H3,(H2,19,20,21,22). The van der Waals surface area contributed by atoms with Crippen molar-refractivity contribution in [2.24, 2.45) is 0 Å². The first-order valence-corrected chi connectivity index (χ1v) is 7.61. The molecule has 8 heteroatoms. The molecule has 3 amide bonds. The summed E-state index contributed by atoms with van der Waals surface area (Å²) in [7, 11) is 2.97. The van der Waals surface area contributed by atoms with Crippen LogP contribution in [0, 0.1) is 0 Å². The molecule has 2 aromatic carbocycles. The van der Waals surface area contributed by atoms with Gasteiger partial charge in [0.15, 0.2) is 6.61 Å². The molecular formula is C17H17ClN2O5. The molecule has 2 rings (SSSR count). The van der Waals surface area contributed by atoms with Crippen molar-refractivity contribution in [1.29, 1.82) is 0 Å². The molecule has 132 valence electrons. The number of halogens is 1. The molecule has 0 unspecified atom stereocenters. The average molecular weight is 365 g/mol. The van der Waals surface area contributed by atoms with E-state index < -0.39 is 11.9 Å². The molecule has 0 heterocycles. The highest BCUT2D eigenvalue weighted by molar-refractivity contribution is 6.32. The minimum absolute atomic E-state index is 0.355. The van der Waals surface area contributed by atoms with Crippen LogP contribution in [0.5, 0.6) is 17.2 Å². The van der Waals surface area contributed by atoms with Crippen molar-refractivity contribution < 1.29 is 23.8 Å². The molecule has 0 spiro atoms. The predicted molar refractivity (Wildman–Crippen MR) is 93.7 cm³/mol. The Hall–Kier alpha value is -2.93. The Bertz CT molecular complexity index is 766. The van der Waals surface area contributed by atoms with Crippen molar-refractivity contribution in [3.63, 3.8) is 0 Å². The molecule has 0 radical (unpaired) electrons. The molecule has 25 heavy (non-hydrogen) atoms. The fourth-order valence-electron chi connectivity index (χ4n) is 1.93. The zero-order valence-corrected chi connectivity index (χ0v) is 14.4. The number of imide groups is 1. The number of carbonyl (C=O) groups excluding carboxylic acids is 2. The first-order chi connectivity index (χ1) is 12.0. The quantitative estimate of drug-likeness (QED) is 0.822. The van der Waals surface area contributed by atoms with Gasteiger partial charge in [0.25, 0.3) is 5.91 Å². The number of carbonyl (C=O) groups is 2. The van der Waals surface area contributed by atoms with E-state index in [4.69, 9.17) is 25.8 Å². The van der Waals surface area contributed by atoms with Gasteiger partial charge in [-0.1, -0.05) is 23.7 Å². The number of nitrogens with one attached hydrogen (secondary N) is 2. The van der Waals surface area contributed by atoms with Gasteiger partial charge in [-0.25, -0.2) is 4.79 Å². The van der Waals surface area contributed by atoms with Gasteiger partial charge in [0, 0.05) is 6.07 Å². The maximum atomic E-state index is 11.9. The monoisotopic (exact) mass is 364 g/mol. The van der Waals surface area contributed by atoms with E-state index in [0.717, 1.165) is 0 Å². The maximum absolute atomic E-state index is 11.9. The van der Waals surface area contributed by atoms with E-state index in [-0.39, 0.29) is 6.61 Å². The maximum Gasteiger partial charge on any atom is 0.326 e. The number of urea groups is 1. The predicted octanol–water partition coefficient (Wildman–Crippen LogP) is 3.08. The van der Waals surface area contributed by atoms with Crippen LogP contribution in [-0.4, -0.2) is 32.8 Å². The number of rotatable bonds is 6. The third-order valence-corrected chi connectivity index (χ3v) is 3.42. The van der Waals surface area contributed by atoms with Crippen molar-refractivity contribution in [3.8, 4) is 17.2 Å². The zero-order chi connectivity index (χ0) is 18.2. The van der Waals surface area contributed by atoms with Crippen LogP contribution in [0.25, 0.3) is 0 Å². The van der Waals surface area contributed by atoms with Gasteiger partial charge in [-0.15, -0.1) is 0 Å². The molecule has 0 saturated heterocycles. The Balaban J connectivity index is 1.91. The van der Waals surface area contributed by atoms with Crippen molar-refractivity contribution in [2.75, 3.05) is 26.1 Å². The van der Waals surface area contributed by atoms with Crippen LogP contribution in [0.3, 0.4) is 0 Å². The smallest absolute Gasteiger partial charge is 0.326 e. The Morgan fingerprint density at radius 2 is 1.80 bits per heavy atom. The second-order valence-corrected chi connectivity index (χ2v) is 5.19. The molecule has 0 aromatic heterocycles. The van der Waals surface area contributed by atoms with Crippen molar-refractivity contribution >= 4 is 29.2 Å². The third-order valence-electron chi connectivity index (χ3n) is 3.10. The number of ether oxygens (including phenoxy) is 3. The number of hydrogen-bond acceptors (Lipinski definition) is 5. The first kappa shape index (κ1) is 18.4. The average Bonchev–Trinajstić information content (AvgIpc) is 2.60. The van der Waals surface area contributed by atoms with E-state index in [1.54, 1.807) is 42.5 Å². The van der Waals surface area contributed by atoms with Crippen molar-refractivity contribution in [1.82, 2.24) is 5.32 Å². The minimum Gasteiger partial charge on any atom is -0.497 e. The number of benzene rings is 2. The molecule has 0 fully saturated rings. The second-order valence-electron chi connectivity index (χ2n) is 4.79. The van der Waals surface area contributed by atoms with Crippen LogP contribution >= 0.6 is 11.6 Å². The summed E-state index contributed by atoms with van der Waals surface area (Å²) >= 11 is 5.92. The lowest BCUT2D eigenvalue weighted by Crippen LogP contribution is -2.37. The van der Waals surface area contributed by atoms with E-state index in [9.17, 15) is 9.59 Å². The number of methoxy groups -OCH3 is 2. The second kappa shape index (κ2) is 8.79. The SMILES string of the molecule is COc1ccc(OC)c(NC(=O)NC(=O)COc2ccccc2Cl)c1. The summed E-state index contributed by atoms with van der Waals surface area (Å²) in [5.74, 6) is 0.689. The highest BCUT2D eigenvalue weighted by Crippen LogP contribution is 2.28. The highest BCUT2D eigenvalue weighted by atomic mass is 35.5. The number of amides is 3. The van der Waals surface area contributed by atoms with Gasteiger partial charge in [0.2, 0.25) is 0 Å². The van der Waals surface area contributed by atoms with Crippen LogP contribution in [-0.2, 0) is 4.79 Å². The number of anilines is 1. The minimum atomic E-state index is -0.723. The largest absolute Gasteiger partial charge is 0.497 e. The lowest BCUT2D eigenvalue weighted by atomic mass is 10.2. The van der Waals surface area contributed by atoms with Crippen LogP contribution in [0.1, 0.15) is 0 Å². The summed E-state index contributed by atoms with van der Waals surface area (Å²) in [6.07, 6.45) is 0. The normalized spacial score (nSPS) is 9.88. The Kier molecular flexibility index (Phi) is 6.47. The van der Waals surface area contributed by atoms with Crippen LogP contribution in [0.4, 0.5) is 10.5 Å². The van der Waals surface area contributed by atoms with Crippen LogP contribution in [0.2, 0.25) is 5.02 Å². The van der Waals surface area contributed by atoms with Gasteiger partial charge in [0.1, 0.15) is 17.2 Å². The van der Waals surface area contributed by atoms with Gasteiger partial charge >= 0.3 is 6.03 Å². The molecular weight excluding hydrogens is 348 g/mol. The fourth-order valence-corrected chi connectivity index (χ4v) is 2.12. The lowest BCUT2D eigenvalue weighted by Gasteiger charge is -2.12. The summed E-state index contributed by atoms with van der Waals surface area (Å²) < 4.78 is 15.5. The van der Waals surface area contributed by atoms with Crippen LogP contribution < -0.4 is 24.8 Å². The van der Waals surface area contributed by atoms with E-state index in [0.29, 0.717) is 28.0 Å². The van der Waals surface area contributed by atoms with Gasteiger partial charge in [-0.3, -0.25) is 10.1 Å². The molecule has 7 nitrogen and oxygen atoms in total. The van der Waals surface area contributed by atoms with Crippen LogP contribution in [0.15, 0.2) is 42.5 Å². The zero-order valence-electron chi connectivity index (χ0n) is 13.7.